The number of nitrogens with zero attached hydrogens (tertiary/aromatic N) is 4. The number of aromatic nitrogens is 4. The van der Waals surface area contributed by atoms with Crippen LogP contribution >= 0.6 is 11.6 Å². The Balaban J connectivity index is 1.63. The van der Waals surface area contributed by atoms with E-state index in [-0.39, 0.29) is 0 Å². The van der Waals surface area contributed by atoms with E-state index >= 15 is 0 Å². The minimum absolute atomic E-state index is 0.367. The van der Waals surface area contributed by atoms with Crippen molar-refractivity contribution in [2.24, 2.45) is 0 Å². The molecule has 27 heavy (non-hydrogen) atoms. The number of hydrogen-bond acceptors (Lipinski definition) is 5. The third-order valence-electron chi connectivity index (χ3n) is 5.14. The van der Waals surface area contributed by atoms with Gasteiger partial charge in [-0.2, -0.15) is 4.98 Å². The molecule has 3 aromatic rings. The van der Waals surface area contributed by atoms with Crippen LogP contribution in [0, 0.1) is 6.92 Å². The number of imidazole rings is 1. The third kappa shape index (κ3) is 3.49. The second-order valence-electron chi connectivity index (χ2n) is 6.75. The highest BCUT2D eigenvalue weighted by atomic mass is 35.5. The molecule has 0 radical (unpaired) electrons. The van der Waals surface area contributed by atoms with Gasteiger partial charge in [-0.3, -0.25) is 0 Å². The molecule has 0 spiro atoms. The van der Waals surface area contributed by atoms with E-state index in [1.54, 1.807) is 19.6 Å². The molecule has 1 aliphatic rings. The second-order valence-corrected chi connectivity index (χ2v) is 7.16. The number of anilines is 1. The number of aromatic amines is 1. The lowest BCUT2D eigenvalue weighted by Crippen LogP contribution is -2.34. The van der Waals surface area contributed by atoms with E-state index in [1.165, 1.54) is 5.69 Å². The Kier molecular flexibility index (Phi) is 4.99. The molecule has 0 amide bonds. The monoisotopic (exact) mass is 383 g/mol. The van der Waals surface area contributed by atoms with Crippen molar-refractivity contribution in [3.8, 4) is 17.1 Å². The number of ether oxygens (including phenoxy) is 1. The number of aryl methyl sites for hydroxylation is 1. The molecule has 0 saturated carbocycles. The van der Waals surface area contributed by atoms with Crippen LogP contribution < -0.4 is 9.64 Å². The smallest absolute Gasteiger partial charge is 0.318 e. The quantitative estimate of drug-likeness (QED) is 0.730. The van der Waals surface area contributed by atoms with Crippen molar-refractivity contribution in [2.45, 2.75) is 25.7 Å². The normalized spacial score (nSPS) is 15.1. The average Bonchev–Trinajstić information content (AvgIpc) is 3.14. The maximum atomic E-state index is 6.43. The molecule has 1 aromatic carbocycles. The van der Waals surface area contributed by atoms with Crippen LogP contribution in [0.1, 0.15) is 30.1 Å². The molecule has 1 aliphatic heterocycles. The van der Waals surface area contributed by atoms with Crippen LogP contribution in [0.25, 0.3) is 11.1 Å². The zero-order valence-corrected chi connectivity index (χ0v) is 16.2. The Morgan fingerprint density at radius 1 is 1.15 bits per heavy atom. The van der Waals surface area contributed by atoms with Crippen LogP contribution in [0.3, 0.4) is 0 Å². The summed E-state index contributed by atoms with van der Waals surface area (Å²) in [5.41, 5.74) is 4.20. The fourth-order valence-corrected chi connectivity index (χ4v) is 3.95. The van der Waals surface area contributed by atoms with Gasteiger partial charge >= 0.3 is 6.01 Å². The maximum Gasteiger partial charge on any atom is 0.318 e. The van der Waals surface area contributed by atoms with Gasteiger partial charge in [0.15, 0.2) is 0 Å². The first-order chi connectivity index (χ1) is 13.2. The van der Waals surface area contributed by atoms with E-state index in [2.05, 4.69) is 31.8 Å². The first-order valence-electron chi connectivity index (χ1n) is 9.08. The molecule has 6 nitrogen and oxygen atoms in total. The Labute approximate surface area is 163 Å². The number of nitrogens with one attached hydrogen (secondary N) is 1. The van der Waals surface area contributed by atoms with Gasteiger partial charge in [0.25, 0.3) is 0 Å². The summed E-state index contributed by atoms with van der Waals surface area (Å²) in [6, 6.07) is 8.15. The average molecular weight is 384 g/mol. The predicted molar refractivity (Wildman–Crippen MR) is 107 cm³/mol. The Morgan fingerprint density at radius 2 is 1.93 bits per heavy atom. The number of rotatable bonds is 4. The zero-order valence-electron chi connectivity index (χ0n) is 15.4. The predicted octanol–water partition coefficient (Wildman–Crippen LogP) is 4.22. The number of methoxy groups -OCH3 is 1. The van der Waals surface area contributed by atoms with E-state index in [0.717, 1.165) is 48.6 Å². The van der Waals surface area contributed by atoms with E-state index in [0.29, 0.717) is 17.0 Å². The number of hydrogen-bond donors (Lipinski definition) is 1. The molecule has 1 saturated heterocycles. The number of benzene rings is 1. The molecule has 0 aliphatic carbocycles. The molecule has 140 valence electrons. The first-order valence-corrected chi connectivity index (χ1v) is 9.46. The lowest BCUT2D eigenvalue weighted by Gasteiger charge is -2.33. The van der Waals surface area contributed by atoms with Crippen molar-refractivity contribution in [3.63, 3.8) is 0 Å². The van der Waals surface area contributed by atoms with Gasteiger partial charge in [0, 0.05) is 47.0 Å². The van der Waals surface area contributed by atoms with Crippen LogP contribution in [0.4, 0.5) is 5.82 Å². The summed E-state index contributed by atoms with van der Waals surface area (Å²) in [7, 11) is 1.58. The molecular formula is C20H22ClN5O. The van der Waals surface area contributed by atoms with Crippen molar-refractivity contribution in [2.75, 3.05) is 25.1 Å². The Bertz CT molecular complexity index is 934. The number of piperidine rings is 1. The van der Waals surface area contributed by atoms with E-state index < -0.39 is 0 Å². The lowest BCUT2D eigenvalue weighted by atomic mass is 9.92. The number of halogens is 1. The first kappa shape index (κ1) is 17.8. The molecular weight excluding hydrogens is 362 g/mol. The summed E-state index contributed by atoms with van der Waals surface area (Å²) in [4.78, 5) is 18.9. The third-order valence-corrected chi connectivity index (χ3v) is 5.47. The molecule has 7 heteroatoms. The summed E-state index contributed by atoms with van der Waals surface area (Å²) >= 11 is 6.43. The van der Waals surface area contributed by atoms with E-state index in [9.17, 15) is 0 Å². The van der Waals surface area contributed by atoms with Crippen LogP contribution in [-0.4, -0.2) is 40.1 Å². The van der Waals surface area contributed by atoms with Crippen molar-refractivity contribution >= 4 is 17.4 Å². The summed E-state index contributed by atoms with van der Waals surface area (Å²) in [6.45, 7) is 3.88. The van der Waals surface area contributed by atoms with Crippen molar-refractivity contribution in [1.29, 1.82) is 0 Å². The molecule has 1 fully saturated rings. The minimum Gasteiger partial charge on any atom is -0.467 e. The van der Waals surface area contributed by atoms with Gasteiger partial charge in [0.2, 0.25) is 0 Å². The summed E-state index contributed by atoms with van der Waals surface area (Å²) in [5, 5.41) is 0.689. The van der Waals surface area contributed by atoms with Gasteiger partial charge in [0.1, 0.15) is 5.82 Å². The summed E-state index contributed by atoms with van der Waals surface area (Å²) in [5.74, 6) is 1.34. The largest absolute Gasteiger partial charge is 0.467 e. The van der Waals surface area contributed by atoms with Crippen LogP contribution in [0.15, 0.2) is 36.8 Å². The van der Waals surface area contributed by atoms with Gasteiger partial charge in [-0.05, 0) is 25.8 Å². The van der Waals surface area contributed by atoms with E-state index in [4.69, 9.17) is 16.3 Å². The highest BCUT2D eigenvalue weighted by molar-refractivity contribution is 6.33. The zero-order chi connectivity index (χ0) is 18.8. The molecule has 0 unspecified atom stereocenters. The molecule has 0 atom stereocenters. The van der Waals surface area contributed by atoms with Gasteiger partial charge < -0.3 is 14.6 Å². The topological polar surface area (TPSA) is 66.9 Å². The van der Waals surface area contributed by atoms with Gasteiger partial charge in [-0.25, -0.2) is 9.97 Å². The fourth-order valence-electron chi connectivity index (χ4n) is 3.71. The summed E-state index contributed by atoms with van der Waals surface area (Å²) in [6.07, 6.45) is 5.63. The van der Waals surface area contributed by atoms with Crippen LogP contribution in [0.5, 0.6) is 6.01 Å². The van der Waals surface area contributed by atoms with Crippen molar-refractivity contribution < 1.29 is 4.74 Å². The van der Waals surface area contributed by atoms with Crippen molar-refractivity contribution in [3.05, 3.63) is 53.2 Å². The van der Waals surface area contributed by atoms with Crippen LogP contribution in [-0.2, 0) is 0 Å². The maximum absolute atomic E-state index is 6.43. The van der Waals surface area contributed by atoms with Crippen LogP contribution in [0.2, 0.25) is 5.02 Å². The summed E-state index contributed by atoms with van der Waals surface area (Å²) < 4.78 is 5.27. The van der Waals surface area contributed by atoms with Gasteiger partial charge in [0.05, 0.1) is 19.1 Å². The highest BCUT2D eigenvalue weighted by Crippen LogP contribution is 2.37. The van der Waals surface area contributed by atoms with Crippen molar-refractivity contribution in [1.82, 2.24) is 19.9 Å². The molecule has 1 N–H and O–H groups in total. The standard InChI is InChI=1S/C20H22ClN5O/c1-13-18(24-12-23-13)14-7-9-26(10-8-14)19-16(11-22-20(25-19)27-2)15-5-3-4-6-17(15)21/h3-6,11-12,14H,7-10H2,1-2H3,(H,23,24). The highest BCUT2D eigenvalue weighted by Gasteiger charge is 2.26. The number of H-pyrrole nitrogens is 1. The van der Waals surface area contributed by atoms with Gasteiger partial charge in [-0.15, -0.1) is 0 Å². The van der Waals surface area contributed by atoms with E-state index in [1.807, 2.05) is 24.3 Å². The second kappa shape index (κ2) is 7.56. The molecule has 3 heterocycles. The SMILES string of the molecule is COc1ncc(-c2ccccc2Cl)c(N2CCC(c3nc[nH]c3C)CC2)n1. The lowest BCUT2D eigenvalue weighted by molar-refractivity contribution is 0.379. The fraction of sp³-hybridized carbons (Fsp3) is 0.350. The van der Waals surface area contributed by atoms with Gasteiger partial charge in [-0.1, -0.05) is 29.8 Å². The Morgan fingerprint density at radius 3 is 2.59 bits per heavy atom. The minimum atomic E-state index is 0.367. The molecule has 2 aromatic heterocycles. The Hall–Kier alpha value is -2.60. The molecule has 4 rings (SSSR count). The molecule has 0 bridgehead atoms.